The van der Waals surface area contributed by atoms with Gasteiger partial charge in [-0.1, -0.05) is 41.4 Å². The molecule has 0 bridgehead atoms. The molecule has 0 saturated carbocycles. The highest BCUT2D eigenvalue weighted by molar-refractivity contribution is 6.42. The lowest BCUT2D eigenvalue weighted by Gasteiger charge is -2.14. The van der Waals surface area contributed by atoms with Gasteiger partial charge in [0.1, 0.15) is 6.54 Å². The first-order valence-electron chi connectivity index (χ1n) is 7.65. The van der Waals surface area contributed by atoms with Gasteiger partial charge in [0, 0.05) is 11.3 Å². The minimum atomic E-state index is -1.01. The van der Waals surface area contributed by atoms with E-state index < -0.39 is 23.9 Å². The van der Waals surface area contributed by atoms with Crippen LogP contribution in [0.1, 0.15) is 17.3 Å². The van der Waals surface area contributed by atoms with Gasteiger partial charge in [0.05, 0.1) is 10.0 Å². The third-order valence-corrected chi connectivity index (χ3v) is 4.03. The van der Waals surface area contributed by atoms with Gasteiger partial charge in [-0.2, -0.15) is 0 Å². The number of halogens is 2. The summed E-state index contributed by atoms with van der Waals surface area (Å²) in [6, 6.07) is 13.1. The number of hydrogen-bond acceptors (Lipinski definition) is 4. The molecule has 0 unspecified atom stereocenters. The van der Waals surface area contributed by atoms with Crippen molar-refractivity contribution in [1.29, 1.82) is 0 Å². The molecule has 2 aromatic rings. The Morgan fingerprint density at radius 2 is 1.73 bits per heavy atom. The van der Waals surface area contributed by atoms with Crippen molar-refractivity contribution < 1.29 is 19.1 Å². The van der Waals surface area contributed by atoms with Crippen molar-refractivity contribution in [3.05, 3.63) is 64.1 Å². The number of nitrogens with one attached hydrogen (secondary N) is 2. The largest absolute Gasteiger partial charge is 0.451 e. The minimum Gasteiger partial charge on any atom is -0.451 e. The van der Waals surface area contributed by atoms with E-state index in [1.165, 1.54) is 25.1 Å². The summed E-state index contributed by atoms with van der Waals surface area (Å²) in [5.41, 5.74) is 0.843. The number of ether oxygens (including phenoxy) is 1. The highest BCUT2D eigenvalue weighted by Gasteiger charge is 2.18. The van der Waals surface area contributed by atoms with Crippen LogP contribution in [0.15, 0.2) is 48.5 Å². The molecule has 0 fully saturated rings. The number of rotatable bonds is 6. The molecule has 0 aromatic heterocycles. The quantitative estimate of drug-likeness (QED) is 0.736. The van der Waals surface area contributed by atoms with E-state index in [9.17, 15) is 14.4 Å². The van der Waals surface area contributed by atoms with Gasteiger partial charge < -0.3 is 15.4 Å². The fourth-order valence-electron chi connectivity index (χ4n) is 1.95. The van der Waals surface area contributed by atoms with Crippen LogP contribution < -0.4 is 10.6 Å². The normalized spacial score (nSPS) is 11.3. The lowest BCUT2D eigenvalue weighted by Crippen LogP contribution is -2.35. The van der Waals surface area contributed by atoms with E-state index in [4.69, 9.17) is 27.9 Å². The van der Waals surface area contributed by atoms with Gasteiger partial charge in [0.2, 0.25) is 0 Å². The molecule has 2 rings (SSSR count). The number of anilines is 1. The molecule has 0 saturated heterocycles. The molecule has 1 atom stereocenters. The van der Waals surface area contributed by atoms with Crippen LogP contribution in [0.4, 0.5) is 5.69 Å². The van der Waals surface area contributed by atoms with E-state index in [2.05, 4.69) is 10.6 Å². The average Bonchev–Trinajstić information content (AvgIpc) is 2.62. The Morgan fingerprint density at radius 1 is 1.04 bits per heavy atom. The number of carbonyl (C=O) groups excluding carboxylic acids is 3. The molecule has 26 heavy (non-hydrogen) atoms. The average molecular weight is 395 g/mol. The van der Waals surface area contributed by atoms with Crippen molar-refractivity contribution >= 4 is 46.7 Å². The maximum atomic E-state index is 12.0. The van der Waals surface area contributed by atoms with Crippen LogP contribution in [0.2, 0.25) is 10.0 Å². The summed E-state index contributed by atoms with van der Waals surface area (Å²) in [5.74, 6) is -1.73. The van der Waals surface area contributed by atoms with Crippen molar-refractivity contribution in [2.24, 2.45) is 0 Å². The Hall–Kier alpha value is -2.57. The molecule has 0 aliphatic heterocycles. The van der Waals surface area contributed by atoms with E-state index in [-0.39, 0.29) is 17.1 Å². The van der Waals surface area contributed by atoms with E-state index in [0.717, 1.165) is 0 Å². The smallest absolute Gasteiger partial charge is 0.326 e. The minimum absolute atomic E-state index is 0.230. The number of amides is 2. The van der Waals surface area contributed by atoms with E-state index in [1.54, 1.807) is 24.3 Å². The van der Waals surface area contributed by atoms with Crippen LogP contribution in [-0.4, -0.2) is 30.4 Å². The number of hydrogen-bond donors (Lipinski definition) is 2. The summed E-state index contributed by atoms with van der Waals surface area (Å²) < 4.78 is 5.00. The van der Waals surface area contributed by atoms with Gasteiger partial charge >= 0.3 is 5.97 Å². The number of carbonyl (C=O) groups is 3. The Labute approximate surface area is 160 Å². The van der Waals surface area contributed by atoms with Crippen molar-refractivity contribution in [3.8, 4) is 0 Å². The van der Waals surface area contributed by atoms with Gasteiger partial charge in [-0.05, 0) is 37.3 Å². The third-order valence-electron chi connectivity index (χ3n) is 3.29. The lowest BCUT2D eigenvalue weighted by molar-refractivity contribution is -0.152. The molecule has 0 heterocycles. The van der Waals surface area contributed by atoms with Crippen LogP contribution in [0.3, 0.4) is 0 Å². The Bertz CT molecular complexity index is 812. The summed E-state index contributed by atoms with van der Waals surface area (Å²) in [4.78, 5) is 35.8. The molecular weight excluding hydrogens is 379 g/mol. The monoisotopic (exact) mass is 394 g/mol. The second kappa shape index (κ2) is 9.22. The lowest BCUT2D eigenvalue weighted by atomic mass is 10.2. The topological polar surface area (TPSA) is 84.5 Å². The van der Waals surface area contributed by atoms with E-state index >= 15 is 0 Å². The molecule has 6 nitrogen and oxygen atoms in total. The Morgan fingerprint density at radius 3 is 2.38 bits per heavy atom. The fourth-order valence-corrected chi connectivity index (χ4v) is 2.25. The van der Waals surface area contributed by atoms with Gasteiger partial charge in [0.15, 0.2) is 6.10 Å². The van der Waals surface area contributed by atoms with Crippen molar-refractivity contribution in [2.75, 3.05) is 11.9 Å². The van der Waals surface area contributed by atoms with Gasteiger partial charge in [-0.3, -0.25) is 14.4 Å². The number of benzene rings is 2. The molecule has 0 spiro atoms. The molecule has 0 radical (unpaired) electrons. The van der Waals surface area contributed by atoms with Gasteiger partial charge in [0.25, 0.3) is 11.8 Å². The summed E-state index contributed by atoms with van der Waals surface area (Å²) >= 11 is 11.6. The zero-order chi connectivity index (χ0) is 19.1. The van der Waals surface area contributed by atoms with Crippen LogP contribution >= 0.6 is 23.2 Å². The van der Waals surface area contributed by atoms with Gasteiger partial charge in [-0.25, -0.2) is 0 Å². The zero-order valence-electron chi connectivity index (χ0n) is 13.8. The van der Waals surface area contributed by atoms with Crippen molar-refractivity contribution in [1.82, 2.24) is 5.32 Å². The summed E-state index contributed by atoms with van der Waals surface area (Å²) in [7, 11) is 0. The third kappa shape index (κ3) is 5.75. The van der Waals surface area contributed by atoms with Crippen molar-refractivity contribution in [2.45, 2.75) is 13.0 Å². The SMILES string of the molecule is C[C@@H](OC(=O)CNC(=O)c1ccc(Cl)c(Cl)c1)C(=O)Nc1ccccc1. The first-order chi connectivity index (χ1) is 12.4. The molecule has 2 N–H and O–H groups in total. The molecule has 0 aliphatic carbocycles. The fraction of sp³-hybridized carbons (Fsp3) is 0.167. The summed E-state index contributed by atoms with van der Waals surface area (Å²) in [5, 5.41) is 5.56. The highest BCUT2D eigenvalue weighted by atomic mass is 35.5. The highest BCUT2D eigenvalue weighted by Crippen LogP contribution is 2.22. The van der Waals surface area contributed by atoms with E-state index in [1.807, 2.05) is 6.07 Å². The molecule has 2 aromatic carbocycles. The van der Waals surface area contributed by atoms with Crippen LogP contribution in [-0.2, 0) is 14.3 Å². The first kappa shape index (κ1) is 19.8. The van der Waals surface area contributed by atoms with Crippen LogP contribution in [0, 0.1) is 0 Å². The second-order valence-electron chi connectivity index (χ2n) is 5.30. The van der Waals surface area contributed by atoms with Crippen molar-refractivity contribution in [3.63, 3.8) is 0 Å². The summed E-state index contributed by atoms with van der Waals surface area (Å²) in [6.07, 6.45) is -1.01. The summed E-state index contributed by atoms with van der Waals surface area (Å²) in [6.45, 7) is 1.05. The number of esters is 1. The van der Waals surface area contributed by atoms with Crippen LogP contribution in [0.5, 0.6) is 0 Å². The molecule has 0 aliphatic rings. The number of para-hydroxylation sites is 1. The molecule has 8 heteroatoms. The zero-order valence-corrected chi connectivity index (χ0v) is 15.3. The maximum Gasteiger partial charge on any atom is 0.326 e. The molecule has 2 amide bonds. The standard InChI is InChI=1S/C18H16Cl2N2O4/c1-11(17(24)22-13-5-3-2-4-6-13)26-16(23)10-21-18(25)12-7-8-14(19)15(20)9-12/h2-9,11H,10H2,1H3,(H,21,25)(H,22,24)/t11-/m1/s1. The van der Waals surface area contributed by atoms with E-state index in [0.29, 0.717) is 10.7 Å². The van der Waals surface area contributed by atoms with Crippen LogP contribution in [0.25, 0.3) is 0 Å². The predicted octanol–water partition coefficient (Wildman–Crippen LogP) is 3.29. The second-order valence-corrected chi connectivity index (χ2v) is 6.11. The molecule has 136 valence electrons. The maximum absolute atomic E-state index is 12.0. The molecular formula is C18H16Cl2N2O4. The first-order valence-corrected chi connectivity index (χ1v) is 8.41. The van der Waals surface area contributed by atoms with Gasteiger partial charge in [-0.15, -0.1) is 0 Å². The Kier molecular flexibility index (Phi) is 7.00. The Balaban J connectivity index is 1.81. The predicted molar refractivity (Wildman–Crippen MR) is 99.4 cm³/mol.